The number of ether oxygens (including phenoxy) is 1. The van der Waals surface area contributed by atoms with Crippen LogP contribution in [0, 0.1) is 0 Å². The maximum absolute atomic E-state index is 11.0. The van der Waals surface area contributed by atoms with Gasteiger partial charge in [-0.3, -0.25) is 0 Å². The molecule has 0 saturated heterocycles. The number of carbonyl (C=O) groups is 1. The molecule has 0 aromatic carbocycles. The molecule has 0 amide bonds. The van der Waals surface area contributed by atoms with Crippen molar-refractivity contribution in [1.29, 1.82) is 0 Å². The maximum atomic E-state index is 11.0. The van der Waals surface area contributed by atoms with Crippen molar-refractivity contribution in [3.8, 4) is 0 Å². The van der Waals surface area contributed by atoms with Crippen molar-refractivity contribution in [3.63, 3.8) is 0 Å². The van der Waals surface area contributed by atoms with Crippen molar-refractivity contribution in [1.82, 2.24) is 0 Å². The summed E-state index contributed by atoms with van der Waals surface area (Å²) in [5, 5.41) is 0. The third kappa shape index (κ3) is 11.2. The Balaban J connectivity index is 0. The number of rotatable bonds is 5. The first-order chi connectivity index (χ1) is 9.14. The highest BCUT2D eigenvalue weighted by Gasteiger charge is 2.36. The van der Waals surface area contributed by atoms with Gasteiger partial charge in [-0.2, -0.15) is 13.2 Å². The lowest BCUT2D eigenvalue weighted by atomic mass is 10.4. The molecule has 10 heteroatoms. The lowest BCUT2D eigenvalue weighted by Crippen LogP contribution is -2.42. The van der Waals surface area contributed by atoms with E-state index >= 15 is 0 Å². The normalized spacial score (nSPS) is 12.2. The summed E-state index contributed by atoms with van der Waals surface area (Å²) >= 11 is 0. The standard InChI is InChI=1S/C10H20NO2.CHF3O3S/c1-6-11(4,5)7-8-13-10(12)9(2)3;2-1(3,4)8(5,6)7/h2,6-8H2,1,3-5H3;(H,5,6,7)/q+1;/p-1. The first-order valence-electron chi connectivity index (χ1n) is 5.81. The first kappa shape index (κ1) is 22.2. The monoisotopic (exact) mass is 335 g/mol. The minimum absolute atomic E-state index is 0.295. The van der Waals surface area contributed by atoms with Gasteiger partial charge in [0, 0.05) is 5.57 Å². The Kier molecular flexibility index (Phi) is 8.81. The summed E-state index contributed by atoms with van der Waals surface area (Å²) in [7, 11) is -1.88. The van der Waals surface area contributed by atoms with Crippen LogP contribution in [0.25, 0.3) is 0 Å². The summed E-state index contributed by atoms with van der Waals surface area (Å²) in [5.74, 6) is -0.295. The Hall–Kier alpha value is -1.13. The maximum Gasteiger partial charge on any atom is 0.485 e. The number of hydrogen-bond acceptors (Lipinski definition) is 5. The van der Waals surface area contributed by atoms with Crippen molar-refractivity contribution >= 4 is 16.1 Å². The molecule has 0 spiro atoms. The van der Waals surface area contributed by atoms with Crippen molar-refractivity contribution in [2.45, 2.75) is 19.4 Å². The van der Waals surface area contributed by atoms with Gasteiger partial charge in [-0.15, -0.1) is 0 Å². The number of quaternary nitrogens is 1. The highest BCUT2D eigenvalue weighted by Crippen LogP contribution is 2.20. The van der Waals surface area contributed by atoms with Gasteiger partial charge in [0.1, 0.15) is 13.2 Å². The van der Waals surface area contributed by atoms with E-state index in [2.05, 4.69) is 27.6 Å². The number of alkyl halides is 3. The molecule has 0 heterocycles. The molecule has 0 aliphatic carbocycles. The van der Waals surface area contributed by atoms with Crippen LogP contribution in [0.1, 0.15) is 13.8 Å². The fourth-order valence-corrected chi connectivity index (χ4v) is 0.667. The Morgan fingerprint density at radius 3 is 1.95 bits per heavy atom. The molecule has 0 atom stereocenters. The van der Waals surface area contributed by atoms with Crippen LogP contribution in [-0.2, 0) is 19.6 Å². The highest BCUT2D eigenvalue weighted by atomic mass is 32.2. The van der Waals surface area contributed by atoms with Gasteiger partial charge in [-0.25, -0.2) is 13.2 Å². The van der Waals surface area contributed by atoms with E-state index in [0.29, 0.717) is 12.2 Å². The summed E-state index contributed by atoms with van der Waals surface area (Å²) in [5.41, 5.74) is -5.19. The van der Waals surface area contributed by atoms with Gasteiger partial charge in [0.2, 0.25) is 0 Å². The number of likely N-dealkylation sites (N-methyl/N-ethyl adjacent to an activating group) is 1. The van der Waals surface area contributed by atoms with Gasteiger partial charge in [-0.1, -0.05) is 6.58 Å². The van der Waals surface area contributed by atoms with Crippen LogP contribution in [0.3, 0.4) is 0 Å². The predicted octanol–water partition coefficient (Wildman–Crippen LogP) is 1.25. The number of esters is 1. The van der Waals surface area contributed by atoms with E-state index in [1.54, 1.807) is 6.92 Å². The third-order valence-corrected chi connectivity index (χ3v) is 2.98. The molecule has 0 saturated carbocycles. The Labute approximate surface area is 122 Å². The fraction of sp³-hybridized carbons (Fsp3) is 0.727. The van der Waals surface area contributed by atoms with E-state index in [9.17, 15) is 18.0 Å². The van der Waals surface area contributed by atoms with Gasteiger partial charge in [0.05, 0.1) is 20.6 Å². The van der Waals surface area contributed by atoms with Gasteiger partial charge < -0.3 is 13.8 Å². The van der Waals surface area contributed by atoms with Gasteiger partial charge in [0.15, 0.2) is 10.1 Å². The minimum atomic E-state index is -6.09. The van der Waals surface area contributed by atoms with Crippen molar-refractivity contribution < 1.29 is 40.2 Å². The second-order valence-corrected chi connectivity index (χ2v) is 6.16. The van der Waals surface area contributed by atoms with Crippen LogP contribution in [0.2, 0.25) is 0 Å². The van der Waals surface area contributed by atoms with E-state index < -0.39 is 15.6 Å². The molecule has 6 nitrogen and oxygen atoms in total. The smallest absolute Gasteiger partial charge is 0.485 e. The molecule has 0 N–H and O–H groups in total. The molecular weight excluding hydrogens is 315 g/mol. The van der Waals surface area contributed by atoms with Crippen LogP contribution in [0.5, 0.6) is 0 Å². The number of carbonyl (C=O) groups excluding carboxylic acids is 1. The minimum Gasteiger partial charge on any atom is -0.741 e. The summed E-state index contributed by atoms with van der Waals surface area (Å²) in [6.07, 6.45) is 0. The molecule has 0 aromatic heterocycles. The van der Waals surface area contributed by atoms with Gasteiger partial charge >= 0.3 is 11.5 Å². The second-order valence-electron chi connectivity index (χ2n) is 4.79. The summed E-state index contributed by atoms with van der Waals surface area (Å²) in [6, 6.07) is 0. The lowest BCUT2D eigenvalue weighted by Gasteiger charge is -2.27. The molecule has 0 bridgehead atoms. The third-order valence-electron chi connectivity index (χ3n) is 2.42. The van der Waals surface area contributed by atoms with Crippen LogP contribution < -0.4 is 0 Å². The van der Waals surface area contributed by atoms with Gasteiger partial charge in [-0.05, 0) is 13.8 Å². The van der Waals surface area contributed by atoms with E-state index in [-0.39, 0.29) is 5.97 Å². The van der Waals surface area contributed by atoms with Gasteiger partial charge in [0.25, 0.3) is 0 Å². The molecule has 0 rings (SSSR count). The average molecular weight is 335 g/mol. The van der Waals surface area contributed by atoms with E-state index in [1.165, 1.54) is 0 Å². The Bertz CT molecular complexity index is 457. The van der Waals surface area contributed by atoms with E-state index in [4.69, 9.17) is 17.7 Å². The molecule has 126 valence electrons. The SMILES string of the molecule is C=C(C)C(=O)OCC[N+](C)(C)CC.O=S(=O)([O-])C(F)(F)F. The molecule has 0 aliphatic rings. The molecule has 0 fully saturated rings. The van der Waals surface area contributed by atoms with Crippen LogP contribution in [-0.4, -0.2) is 62.7 Å². The van der Waals surface area contributed by atoms with Crippen LogP contribution in [0.15, 0.2) is 12.2 Å². The van der Waals surface area contributed by atoms with Crippen molar-refractivity contribution in [3.05, 3.63) is 12.2 Å². The average Bonchev–Trinajstić information content (AvgIpc) is 2.26. The van der Waals surface area contributed by atoms with Crippen LogP contribution >= 0.6 is 0 Å². The number of nitrogens with zero attached hydrogens (tertiary/aromatic N) is 1. The molecule has 0 unspecified atom stereocenters. The van der Waals surface area contributed by atoms with Crippen molar-refractivity contribution in [2.75, 3.05) is 33.8 Å². The topological polar surface area (TPSA) is 83.5 Å². The first-order valence-corrected chi connectivity index (χ1v) is 7.21. The Morgan fingerprint density at radius 2 is 1.71 bits per heavy atom. The molecule has 0 aromatic rings. The predicted molar refractivity (Wildman–Crippen MR) is 69.0 cm³/mol. The fourth-order valence-electron chi connectivity index (χ4n) is 0.667. The van der Waals surface area contributed by atoms with Crippen LogP contribution in [0.4, 0.5) is 13.2 Å². The summed E-state index contributed by atoms with van der Waals surface area (Å²) in [4.78, 5) is 11.0. The lowest BCUT2D eigenvalue weighted by molar-refractivity contribution is -0.888. The molecule has 0 radical (unpaired) electrons. The van der Waals surface area contributed by atoms with E-state index in [0.717, 1.165) is 17.6 Å². The zero-order chi connectivity index (χ0) is 17.5. The van der Waals surface area contributed by atoms with E-state index in [1.807, 2.05) is 0 Å². The summed E-state index contributed by atoms with van der Waals surface area (Å²) < 4.78 is 64.8. The largest absolute Gasteiger partial charge is 0.741 e. The zero-order valence-electron chi connectivity index (χ0n) is 12.4. The summed E-state index contributed by atoms with van der Waals surface area (Å²) in [6.45, 7) is 9.62. The van der Waals surface area contributed by atoms with Crippen molar-refractivity contribution in [2.24, 2.45) is 0 Å². The zero-order valence-corrected chi connectivity index (χ0v) is 13.2. The molecular formula is C11H20F3NO5S. The highest BCUT2D eigenvalue weighted by molar-refractivity contribution is 7.86. The molecule has 0 aliphatic heterocycles. The quantitative estimate of drug-likeness (QED) is 0.248. The number of hydrogen-bond donors (Lipinski definition) is 0. The molecule has 21 heavy (non-hydrogen) atoms. The second kappa shape index (κ2) is 8.35. The Morgan fingerprint density at radius 1 is 1.33 bits per heavy atom. The number of halogens is 3.